The second-order valence-electron chi connectivity index (χ2n) is 4.76. The highest BCUT2D eigenvalue weighted by molar-refractivity contribution is 6.42. The van der Waals surface area contributed by atoms with Crippen LogP contribution in [0.15, 0.2) is 42.0 Å². The van der Waals surface area contributed by atoms with Crippen molar-refractivity contribution in [3.63, 3.8) is 0 Å². The lowest BCUT2D eigenvalue weighted by Gasteiger charge is -2.09. The van der Waals surface area contributed by atoms with Crippen molar-refractivity contribution in [2.45, 2.75) is 6.61 Å². The summed E-state index contributed by atoms with van der Waals surface area (Å²) in [6.45, 7) is 0.260. The molecular weight excluding hydrogens is 371 g/mol. The van der Waals surface area contributed by atoms with E-state index in [0.29, 0.717) is 26.4 Å². The third-order valence-corrected chi connectivity index (χ3v) is 4.07. The van der Waals surface area contributed by atoms with Crippen LogP contribution in [0.3, 0.4) is 0 Å². The fraction of sp³-hybridized carbons (Fsp3) is 0.0588. The van der Waals surface area contributed by atoms with E-state index < -0.39 is 5.91 Å². The molecule has 24 heavy (non-hydrogen) atoms. The topological polar surface area (TPSA) is 76.1 Å². The van der Waals surface area contributed by atoms with Gasteiger partial charge in [0.15, 0.2) is 0 Å². The highest BCUT2D eigenvalue weighted by atomic mass is 35.5. The Morgan fingerprint density at radius 1 is 1.12 bits per heavy atom. The van der Waals surface area contributed by atoms with Gasteiger partial charge in [0, 0.05) is 0 Å². The predicted molar refractivity (Wildman–Crippen MR) is 95.0 cm³/mol. The van der Waals surface area contributed by atoms with E-state index in [-0.39, 0.29) is 12.2 Å². The van der Waals surface area contributed by atoms with Crippen LogP contribution >= 0.6 is 34.8 Å². The Hall–Kier alpha value is -2.19. The molecule has 1 amide bonds. The molecule has 0 aromatic heterocycles. The molecule has 7 heteroatoms. The zero-order valence-electron chi connectivity index (χ0n) is 12.2. The average molecular weight is 382 g/mol. The summed E-state index contributed by atoms with van der Waals surface area (Å²) in [7, 11) is 0. The minimum atomic E-state index is -0.798. The Balaban J connectivity index is 2.14. The van der Waals surface area contributed by atoms with Crippen LogP contribution in [0.2, 0.25) is 15.1 Å². The summed E-state index contributed by atoms with van der Waals surface area (Å²) in [5.41, 5.74) is 6.34. The molecule has 0 radical (unpaired) electrons. The van der Waals surface area contributed by atoms with Crippen molar-refractivity contribution in [1.82, 2.24) is 0 Å². The van der Waals surface area contributed by atoms with Crippen molar-refractivity contribution in [3.05, 3.63) is 68.2 Å². The summed E-state index contributed by atoms with van der Waals surface area (Å²) in [6.07, 6.45) is 1.36. The van der Waals surface area contributed by atoms with E-state index in [2.05, 4.69) is 0 Å². The van der Waals surface area contributed by atoms with Gasteiger partial charge in [-0.05, 0) is 41.5 Å². The first-order valence-corrected chi connectivity index (χ1v) is 7.82. The SMILES string of the molecule is N#C/C(=C\c1ccc(OCc2ccc(Cl)c(Cl)c2)c(Cl)c1)C(N)=O. The summed E-state index contributed by atoms with van der Waals surface area (Å²) in [5.74, 6) is -0.342. The van der Waals surface area contributed by atoms with Gasteiger partial charge in [-0.3, -0.25) is 4.79 Å². The molecule has 0 aliphatic heterocycles. The second kappa shape index (κ2) is 8.07. The molecule has 0 atom stereocenters. The predicted octanol–water partition coefficient (Wildman–Crippen LogP) is 4.62. The smallest absolute Gasteiger partial charge is 0.259 e. The number of amides is 1. The van der Waals surface area contributed by atoms with Crippen molar-refractivity contribution in [3.8, 4) is 11.8 Å². The van der Waals surface area contributed by atoms with Crippen molar-refractivity contribution in [1.29, 1.82) is 5.26 Å². The van der Waals surface area contributed by atoms with Crippen molar-refractivity contribution in [2.75, 3.05) is 0 Å². The number of carbonyl (C=O) groups excluding carboxylic acids is 1. The number of halogens is 3. The van der Waals surface area contributed by atoms with Crippen LogP contribution in [0.5, 0.6) is 5.75 Å². The summed E-state index contributed by atoms with van der Waals surface area (Å²) in [4.78, 5) is 11.1. The van der Waals surface area contributed by atoms with Crippen LogP contribution in [0, 0.1) is 11.3 Å². The first kappa shape index (κ1) is 18.2. The van der Waals surface area contributed by atoms with Gasteiger partial charge in [0.25, 0.3) is 5.91 Å². The molecule has 0 spiro atoms. The van der Waals surface area contributed by atoms with Gasteiger partial charge < -0.3 is 10.5 Å². The maximum absolute atomic E-state index is 11.1. The van der Waals surface area contributed by atoms with Gasteiger partial charge in [0.1, 0.15) is 24.0 Å². The van der Waals surface area contributed by atoms with Crippen molar-refractivity contribution < 1.29 is 9.53 Å². The number of hydrogen-bond donors (Lipinski definition) is 1. The summed E-state index contributed by atoms with van der Waals surface area (Å²) in [5, 5.41) is 10.1. The largest absolute Gasteiger partial charge is 0.487 e. The highest BCUT2D eigenvalue weighted by Gasteiger charge is 2.07. The molecule has 122 valence electrons. The zero-order chi connectivity index (χ0) is 17.7. The standard InChI is InChI=1S/C17H11Cl3N2O2/c18-13-3-1-11(7-14(13)19)9-24-16-4-2-10(6-15(16)20)5-12(8-21)17(22)23/h1-7H,9H2,(H2,22,23)/b12-5+. The summed E-state index contributed by atoms with van der Waals surface area (Å²) >= 11 is 18.0. The Morgan fingerprint density at radius 2 is 1.88 bits per heavy atom. The number of nitrogens with zero attached hydrogens (tertiary/aromatic N) is 1. The lowest BCUT2D eigenvalue weighted by Crippen LogP contribution is -2.12. The van der Waals surface area contributed by atoms with E-state index in [9.17, 15) is 4.79 Å². The van der Waals surface area contributed by atoms with Crippen LogP contribution in [-0.2, 0) is 11.4 Å². The minimum Gasteiger partial charge on any atom is -0.487 e. The Bertz CT molecular complexity index is 857. The third kappa shape index (κ3) is 4.65. The van der Waals surface area contributed by atoms with Crippen LogP contribution in [0.25, 0.3) is 6.08 Å². The zero-order valence-corrected chi connectivity index (χ0v) is 14.5. The summed E-state index contributed by atoms with van der Waals surface area (Å²) in [6, 6.07) is 11.8. The molecule has 0 aliphatic rings. The van der Waals surface area contributed by atoms with Gasteiger partial charge in [-0.15, -0.1) is 0 Å². The Kier molecular flexibility index (Phi) is 6.10. The number of rotatable bonds is 5. The van der Waals surface area contributed by atoms with Gasteiger partial charge in [-0.1, -0.05) is 46.9 Å². The van der Waals surface area contributed by atoms with E-state index in [1.807, 2.05) is 0 Å². The fourth-order valence-corrected chi connectivity index (χ4v) is 2.40. The number of primary amides is 1. The van der Waals surface area contributed by atoms with E-state index in [1.165, 1.54) is 6.08 Å². The van der Waals surface area contributed by atoms with E-state index >= 15 is 0 Å². The molecule has 2 N–H and O–H groups in total. The Labute approximate surface area is 154 Å². The van der Waals surface area contributed by atoms with Gasteiger partial charge in [-0.2, -0.15) is 5.26 Å². The number of nitriles is 1. The first-order valence-electron chi connectivity index (χ1n) is 6.68. The maximum atomic E-state index is 11.1. The van der Waals surface area contributed by atoms with Crippen LogP contribution in [0.4, 0.5) is 0 Å². The molecule has 0 fully saturated rings. The highest BCUT2D eigenvalue weighted by Crippen LogP contribution is 2.28. The number of hydrogen-bond acceptors (Lipinski definition) is 3. The number of carbonyl (C=O) groups is 1. The monoisotopic (exact) mass is 380 g/mol. The van der Waals surface area contributed by atoms with Crippen LogP contribution in [-0.4, -0.2) is 5.91 Å². The minimum absolute atomic E-state index is 0.157. The molecule has 0 saturated carbocycles. The van der Waals surface area contributed by atoms with Crippen LogP contribution < -0.4 is 10.5 Å². The number of benzene rings is 2. The molecule has 0 saturated heterocycles. The molecule has 2 aromatic rings. The molecule has 0 heterocycles. The fourth-order valence-electron chi connectivity index (χ4n) is 1.84. The van der Waals surface area contributed by atoms with Gasteiger partial charge in [-0.25, -0.2) is 0 Å². The van der Waals surface area contributed by atoms with E-state index in [4.69, 9.17) is 50.5 Å². The molecule has 2 aromatic carbocycles. The van der Waals surface area contributed by atoms with E-state index in [1.54, 1.807) is 42.5 Å². The van der Waals surface area contributed by atoms with Crippen LogP contribution in [0.1, 0.15) is 11.1 Å². The summed E-state index contributed by atoms with van der Waals surface area (Å²) < 4.78 is 5.64. The quantitative estimate of drug-likeness (QED) is 0.606. The normalized spacial score (nSPS) is 11.0. The van der Waals surface area contributed by atoms with Gasteiger partial charge >= 0.3 is 0 Å². The first-order chi connectivity index (χ1) is 11.4. The molecule has 4 nitrogen and oxygen atoms in total. The maximum Gasteiger partial charge on any atom is 0.259 e. The lowest BCUT2D eigenvalue weighted by molar-refractivity contribution is -0.114. The Morgan fingerprint density at radius 3 is 2.46 bits per heavy atom. The van der Waals surface area contributed by atoms with E-state index in [0.717, 1.165) is 5.56 Å². The number of ether oxygens (including phenoxy) is 1. The molecular formula is C17H11Cl3N2O2. The van der Waals surface area contributed by atoms with Crippen molar-refractivity contribution in [2.24, 2.45) is 5.73 Å². The number of nitrogens with two attached hydrogens (primary N) is 1. The van der Waals surface area contributed by atoms with Crippen molar-refractivity contribution >= 4 is 46.8 Å². The molecule has 0 aliphatic carbocycles. The molecule has 2 rings (SSSR count). The lowest BCUT2D eigenvalue weighted by atomic mass is 10.1. The molecule has 0 bridgehead atoms. The average Bonchev–Trinajstić information content (AvgIpc) is 2.54. The molecule has 0 unspecified atom stereocenters. The van der Waals surface area contributed by atoms with Gasteiger partial charge in [0.05, 0.1) is 15.1 Å². The second-order valence-corrected chi connectivity index (χ2v) is 5.98. The third-order valence-electron chi connectivity index (χ3n) is 3.03. The van der Waals surface area contributed by atoms with Gasteiger partial charge in [0.2, 0.25) is 0 Å².